The zero-order valence-corrected chi connectivity index (χ0v) is 8.49. The smallest absolute Gasteiger partial charge is 0.330 e. The Morgan fingerprint density at radius 3 is 3.14 bits per heavy atom. The fourth-order valence-electron chi connectivity index (χ4n) is 0.861. The topological polar surface area (TPSA) is 39.2 Å². The van der Waals surface area contributed by atoms with Gasteiger partial charge >= 0.3 is 5.97 Å². The van der Waals surface area contributed by atoms with Gasteiger partial charge in [0.15, 0.2) is 0 Å². The Bertz CT molecular complexity index is 350. The molecule has 0 N–H and O–H groups in total. The van der Waals surface area contributed by atoms with E-state index >= 15 is 0 Å². The maximum absolute atomic E-state index is 11.0. The fourth-order valence-corrected chi connectivity index (χ4v) is 1.03. The molecule has 3 nitrogen and oxygen atoms in total. The first-order valence-corrected chi connectivity index (χ1v) is 4.56. The SMILES string of the molecule is CCOC(=O)/C=C/c1cnccc1Cl. The van der Waals surface area contributed by atoms with Crippen LogP contribution in [-0.4, -0.2) is 17.6 Å². The summed E-state index contributed by atoms with van der Waals surface area (Å²) < 4.78 is 4.71. The highest BCUT2D eigenvalue weighted by Crippen LogP contribution is 2.14. The van der Waals surface area contributed by atoms with Crippen LogP contribution in [0, 0.1) is 0 Å². The van der Waals surface area contributed by atoms with Crippen molar-refractivity contribution in [1.29, 1.82) is 0 Å². The number of nitrogens with zero attached hydrogens (tertiary/aromatic N) is 1. The molecule has 4 heteroatoms. The molecule has 1 rings (SSSR count). The summed E-state index contributed by atoms with van der Waals surface area (Å²) >= 11 is 5.84. The number of aromatic nitrogens is 1. The second kappa shape index (κ2) is 5.40. The van der Waals surface area contributed by atoms with E-state index in [2.05, 4.69) is 4.98 Å². The van der Waals surface area contributed by atoms with E-state index in [0.29, 0.717) is 17.2 Å². The number of carbonyl (C=O) groups excluding carboxylic acids is 1. The van der Waals surface area contributed by atoms with Crippen LogP contribution in [0.25, 0.3) is 6.08 Å². The molecule has 1 aromatic rings. The molecule has 0 saturated carbocycles. The number of ether oxygens (including phenoxy) is 1. The molecule has 0 aromatic carbocycles. The minimum atomic E-state index is -0.382. The van der Waals surface area contributed by atoms with Crippen molar-refractivity contribution in [3.63, 3.8) is 0 Å². The highest BCUT2D eigenvalue weighted by atomic mass is 35.5. The highest BCUT2D eigenvalue weighted by Gasteiger charge is 1.97. The van der Waals surface area contributed by atoms with E-state index in [-0.39, 0.29) is 5.97 Å². The minimum Gasteiger partial charge on any atom is -0.463 e. The number of pyridine rings is 1. The molecule has 74 valence electrons. The summed E-state index contributed by atoms with van der Waals surface area (Å²) in [7, 11) is 0. The predicted molar refractivity (Wildman–Crippen MR) is 54.9 cm³/mol. The summed E-state index contributed by atoms with van der Waals surface area (Å²) in [6, 6.07) is 1.66. The monoisotopic (exact) mass is 211 g/mol. The van der Waals surface area contributed by atoms with Crippen molar-refractivity contribution in [3.05, 3.63) is 35.1 Å². The fraction of sp³-hybridized carbons (Fsp3) is 0.200. The summed E-state index contributed by atoms with van der Waals surface area (Å²) in [5, 5.41) is 0.556. The molecular weight excluding hydrogens is 202 g/mol. The van der Waals surface area contributed by atoms with Crippen molar-refractivity contribution in [3.8, 4) is 0 Å². The molecule has 0 aliphatic rings. The van der Waals surface area contributed by atoms with Gasteiger partial charge in [-0.3, -0.25) is 4.98 Å². The number of halogens is 1. The standard InChI is InChI=1S/C10H10ClNO2/c1-2-14-10(13)4-3-8-7-12-6-5-9(8)11/h3-7H,2H2,1H3/b4-3+. The highest BCUT2D eigenvalue weighted by molar-refractivity contribution is 6.32. The minimum absolute atomic E-state index is 0.365. The Hall–Kier alpha value is -1.35. The van der Waals surface area contributed by atoms with Crippen LogP contribution in [0.15, 0.2) is 24.5 Å². The first kappa shape index (κ1) is 10.7. The van der Waals surface area contributed by atoms with E-state index in [9.17, 15) is 4.79 Å². The average molecular weight is 212 g/mol. The van der Waals surface area contributed by atoms with Gasteiger partial charge in [0, 0.05) is 24.0 Å². The van der Waals surface area contributed by atoms with Crippen LogP contribution in [0.3, 0.4) is 0 Å². The lowest BCUT2D eigenvalue weighted by Crippen LogP contribution is -1.98. The Morgan fingerprint density at radius 2 is 2.50 bits per heavy atom. The third-order valence-electron chi connectivity index (χ3n) is 1.48. The largest absolute Gasteiger partial charge is 0.463 e. The van der Waals surface area contributed by atoms with Crippen LogP contribution >= 0.6 is 11.6 Å². The van der Waals surface area contributed by atoms with Crippen LogP contribution < -0.4 is 0 Å². The van der Waals surface area contributed by atoms with E-state index in [4.69, 9.17) is 16.3 Å². The maximum atomic E-state index is 11.0. The van der Waals surface area contributed by atoms with Crippen molar-refractivity contribution < 1.29 is 9.53 Å². The van der Waals surface area contributed by atoms with Crippen molar-refractivity contribution in [1.82, 2.24) is 4.98 Å². The molecule has 0 fully saturated rings. The Kier molecular flexibility index (Phi) is 4.13. The van der Waals surface area contributed by atoms with E-state index in [0.717, 1.165) is 0 Å². The first-order chi connectivity index (χ1) is 6.74. The molecule has 1 heterocycles. The van der Waals surface area contributed by atoms with Crippen LogP contribution in [-0.2, 0) is 9.53 Å². The summed E-state index contributed by atoms with van der Waals surface area (Å²) in [6.07, 6.45) is 6.07. The third-order valence-corrected chi connectivity index (χ3v) is 1.83. The van der Waals surface area contributed by atoms with Crippen molar-refractivity contribution in [2.24, 2.45) is 0 Å². The molecular formula is C10H10ClNO2. The predicted octanol–water partition coefficient (Wildman–Crippen LogP) is 2.31. The van der Waals surface area contributed by atoms with Crippen LogP contribution in [0.1, 0.15) is 12.5 Å². The molecule has 0 unspecified atom stereocenters. The van der Waals surface area contributed by atoms with Gasteiger partial charge in [-0.05, 0) is 19.1 Å². The molecule has 0 aliphatic carbocycles. The van der Waals surface area contributed by atoms with Gasteiger partial charge in [-0.2, -0.15) is 0 Å². The van der Waals surface area contributed by atoms with E-state index < -0.39 is 0 Å². The van der Waals surface area contributed by atoms with Gasteiger partial charge in [0.2, 0.25) is 0 Å². The van der Waals surface area contributed by atoms with E-state index in [1.807, 2.05) is 0 Å². The zero-order chi connectivity index (χ0) is 10.4. The molecule has 0 aliphatic heterocycles. The maximum Gasteiger partial charge on any atom is 0.330 e. The van der Waals surface area contributed by atoms with Crippen LogP contribution in [0.5, 0.6) is 0 Å². The molecule has 1 aromatic heterocycles. The lowest BCUT2D eigenvalue weighted by atomic mass is 10.2. The number of carbonyl (C=O) groups is 1. The molecule has 14 heavy (non-hydrogen) atoms. The third kappa shape index (κ3) is 3.18. The Labute approximate surface area is 87.4 Å². The van der Waals surface area contributed by atoms with Gasteiger partial charge in [0.1, 0.15) is 0 Å². The first-order valence-electron chi connectivity index (χ1n) is 4.18. The van der Waals surface area contributed by atoms with Gasteiger partial charge in [-0.1, -0.05) is 11.6 Å². The van der Waals surface area contributed by atoms with Gasteiger partial charge < -0.3 is 4.74 Å². The summed E-state index contributed by atoms with van der Waals surface area (Å²) in [5.41, 5.74) is 0.696. The lowest BCUT2D eigenvalue weighted by molar-refractivity contribution is -0.137. The van der Waals surface area contributed by atoms with Crippen LogP contribution in [0.2, 0.25) is 5.02 Å². The van der Waals surface area contributed by atoms with E-state index in [1.54, 1.807) is 31.5 Å². The Balaban J connectivity index is 2.69. The van der Waals surface area contributed by atoms with Gasteiger partial charge in [-0.15, -0.1) is 0 Å². The molecule has 0 saturated heterocycles. The summed E-state index contributed by atoms with van der Waals surface area (Å²) in [6.45, 7) is 2.12. The lowest BCUT2D eigenvalue weighted by Gasteiger charge is -1.96. The number of hydrogen-bond acceptors (Lipinski definition) is 3. The van der Waals surface area contributed by atoms with Gasteiger partial charge in [-0.25, -0.2) is 4.79 Å². The zero-order valence-electron chi connectivity index (χ0n) is 7.74. The summed E-state index contributed by atoms with van der Waals surface area (Å²) in [5.74, 6) is -0.382. The molecule has 0 spiro atoms. The Morgan fingerprint density at radius 1 is 1.71 bits per heavy atom. The molecule has 0 amide bonds. The number of rotatable bonds is 3. The van der Waals surface area contributed by atoms with E-state index in [1.165, 1.54) is 6.08 Å². The molecule has 0 bridgehead atoms. The molecule has 0 radical (unpaired) electrons. The second-order valence-electron chi connectivity index (χ2n) is 2.48. The quantitative estimate of drug-likeness (QED) is 0.569. The average Bonchev–Trinajstić information content (AvgIpc) is 2.17. The van der Waals surface area contributed by atoms with Crippen molar-refractivity contribution in [2.45, 2.75) is 6.92 Å². The van der Waals surface area contributed by atoms with Crippen molar-refractivity contribution in [2.75, 3.05) is 6.61 Å². The van der Waals surface area contributed by atoms with Gasteiger partial charge in [0.25, 0.3) is 0 Å². The summed E-state index contributed by atoms with van der Waals surface area (Å²) in [4.78, 5) is 14.8. The number of hydrogen-bond donors (Lipinski definition) is 0. The molecule has 0 atom stereocenters. The van der Waals surface area contributed by atoms with Crippen LogP contribution in [0.4, 0.5) is 0 Å². The second-order valence-corrected chi connectivity index (χ2v) is 2.89. The normalized spacial score (nSPS) is 10.4. The van der Waals surface area contributed by atoms with Gasteiger partial charge in [0.05, 0.1) is 11.6 Å². The number of esters is 1. The van der Waals surface area contributed by atoms with Crippen molar-refractivity contribution >= 4 is 23.6 Å².